The number of nitrogens with one attached hydrogen (secondary N) is 4. The Kier molecular flexibility index (Phi) is 11.1. The number of urea groups is 1. The average molecular weight is 674 g/mol. The molecule has 9 nitrogen and oxygen atoms in total. The molecule has 3 atom stereocenters. The Bertz CT molecular complexity index is 1730. The van der Waals surface area contributed by atoms with Gasteiger partial charge in [0.1, 0.15) is 12.6 Å². The van der Waals surface area contributed by atoms with Crippen LogP contribution in [0.3, 0.4) is 0 Å². The van der Waals surface area contributed by atoms with Gasteiger partial charge in [-0.05, 0) is 54.2 Å². The molecule has 0 radical (unpaired) electrons. The first-order valence-electron chi connectivity index (χ1n) is 15.2. The zero-order valence-electron chi connectivity index (χ0n) is 25.6. The lowest BCUT2D eigenvalue weighted by Crippen LogP contribution is -2.51. The van der Waals surface area contributed by atoms with Crippen molar-refractivity contribution in [2.45, 2.75) is 44.5 Å². The third kappa shape index (κ3) is 8.69. The van der Waals surface area contributed by atoms with E-state index in [4.69, 9.17) is 27.9 Å². The molecule has 0 aliphatic heterocycles. The van der Waals surface area contributed by atoms with Crippen molar-refractivity contribution in [3.05, 3.63) is 140 Å². The van der Waals surface area contributed by atoms with E-state index in [9.17, 15) is 19.2 Å². The van der Waals surface area contributed by atoms with Gasteiger partial charge in [-0.1, -0.05) is 108 Å². The number of carbonyl (C=O) groups is 4. The van der Waals surface area contributed by atoms with Gasteiger partial charge in [-0.3, -0.25) is 9.59 Å². The van der Waals surface area contributed by atoms with Crippen molar-refractivity contribution in [2.75, 3.05) is 6.54 Å². The number of fused-ring (bicyclic) bond motifs is 1. The van der Waals surface area contributed by atoms with Gasteiger partial charge in [0.2, 0.25) is 0 Å². The zero-order valence-corrected chi connectivity index (χ0v) is 27.1. The van der Waals surface area contributed by atoms with Gasteiger partial charge in [-0.25, -0.2) is 9.59 Å². The fourth-order valence-corrected chi connectivity index (χ4v) is 6.05. The van der Waals surface area contributed by atoms with Crippen LogP contribution >= 0.6 is 23.2 Å². The second kappa shape index (κ2) is 15.6. The monoisotopic (exact) mass is 672 g/mol. The number of esters is 1. The first kappa shape index (κ1) is 33.5. The number of rotatable bonds is 11. The predicted molar refractivity (Wildman–Crippen MR) is 180 cm³/mol. The molecule has 0 saturated carbocycles. The maximum absolute atomic E-state index is 13.5. The van der Waals surface area contributed by atoms with E-state index in [1.165, 1.54) is 17.7 Å². The highest BCUT2D eigenvalue weighted by atomic mass is 35.5. The summed E-state index contributed by atoms with van der Waals surface area (Å²) in [7, 11) is 0. The van der Waals surface area contributed by atoms with Crippen LogP contribution in [0, 0.1) is 0 Å². The van der Waals surface area contributed by atoms with Crippen molar-refractivity contribution < 1.29 is 23.9 Å². The Hall–Kier alpha value is -4.86. The molecule has 47 heavy (non-hydrogen) atoms. The molecule has 0 spiro atoms. The van der Waals surface area contributed by atoms with Crippen LogP contribution in [0.15, 0.2) is 97.1 Å². The molecular formula is C36H34Cl2N4O5. The topological polar surface area (TPSA) is 126 Å². The predicted octanol–water partition coefficient (Wildman–Crippen LogP) is 6.31. The summed E-state index contributed by atoms with van der Waals surface area (Å²) < 4.78 is 5.48. The normalized spacial score (nSPS) is 14.7. The van der Waals surface area contributed by atoms with Crippen molar-refractivity contribution in [1.82, 2.24) is 21.3 Å². The molecule has 1 aliphatic carbocycles. The number of hydrogen-bond donors (Lipinski definition) is 4. The van der Waals surface area contributed by atoms with Crippen LogP contribution in [-0.2, 0) is 22.6 Å². The molecule has 4 aromatic carbocycles. The molecule has 5 rings (SSSR count). The fourth-order valence-electron chi connectivity index (χ4n) is 5.39. The maximum Gasteiger partial charge on any atom is 0.330 e. The van der Waals surface area contributed by atoms with E-state index < -0.39 is 29.9 Å². The van der Waals surface area contributed by atoms with Crippen molar-refractivity contribution in [3.63, 3.8) is 0 Å². The molecule has 0 heterocycles. The molecule has 1 aliphatic rings. The number of hydrogen-bond acceptors (Lipinski definition) is 5. The minimum atomic E-state index is -1.28. The van der Waals surface area contributed by atoms with Crippen LogP contribution in [0.2, 0.25) is 10.0 Å². The summed E-state index contributed by atoms with van der Waals surface area (Å²) in [5.74, 6) is -1.98. The summed E-state index contributed by atoms with van der Waals surface area (Å²) in [6.45, 7) is 1.53. The van der Waals surface area contributed by atoms with Gasteiger partial charge in [-0.15, -0.1) is 0 Å². The minimum absolute atomic E-state index is 0.0379. The molecule has 11 heteroatoms. The Labute approximate surface area is 283 Å². The quantitative estimate of drug-likeness (QED) is 0.139. The average Bonchev–Trinajstić information content (AvgIpc) is 3.48. The third-order valence-corrected chi connectivity index (χ3v) is 8.49. The summed E-state index contributed by atoms with van der Waals surface area (Å²) in [5.41, 5.74) is 3.91. The summed E-state index contributed by atoms with van der Waals surface area (Å²) >= 11 is 12.9. The lowest BCUT2D eigenvalue weighted by atomic mass is 10.1. The molecule has 0 saturated heterocycles. The van der Waals surface area contributed by atoms with Gasteiger partial charge in [0.15, 0.2) is 0 Å². The van der Waals surface area contributed by atoms with Crippen molar-refractivity contribution >= 4 is 47.0 Å². The fraction of sp³-hybridized carbons (Fsp3) is 0.222. The van der Waals surface area contributed by atoms with E-state index in [0.717, 1.165) is 29.5 Å². The summed E-state index contributed by atoms with van der Waals surface area (Å²) in [4.78, 5) is 52.5. The Morgan fingerprint density at radius 2 is 1.47 bits per heavy atom. The molecule has 4 aromatic rings. The summed E-state index contributed by atoms with van der Waals surface area (Å²) in [5, 5.41) is 10.9. The van der Waals surface area contributed by atoms with E-state index in [0.29, 0.717) is 0 Å². The lowest BCUT2D eigenvalue weighted by Gasteiger charge is -2.21. The number of carbonyl (C=O) groups excluding carboxylic acids is 4. The largest absolute Gasteiger partial charge is 0.459 e. The van der Waals surface area contributed by atoms with Crippen molar-refractivity contribution in [1.29, 1.82) is 0 Å². The molecule has 0 fully saturated rings. The number of benzene rings is 4. The van der Waals surface area contributed by atoms with Gasteiger partial charge in [0, 0.05) is 5.56 Å². The van der Waals surface area contributed by atoms with E-state index in [1.54, 1.807) is 12.1 Å². The van der Waals surface area contributed by atoms with Crippen molar-refractivity contribution in [3.8, 4) is 0 Å². The van der Waals surface area contributed by atoms with Crippen LogP contribution in [-0.4, -0.2) is 36.4 Å². The SMILES string of the molecule is C[C@@H](NC(=O)c1cc(Cl)c(C(=O)N[C@@H](CNC(=O)N[C@@H]2CCc3ccccc32)C(=O)OCc2ccccc2)c(Cl)c1)c1ccccc1. The second-order valence-electron chi connectivity index (χ2n) is 11.2. The molecule has 4 N–H and O–H groups in total. The zero-order chi connectivity index (χ0) is 33.3. The number of aryl methyl sites for hydroxylation is 1. The molecule has 0 bridgehead atoms. The first-order valence-corrected chi connectivity index (χ1v) is 15.9. The Balaban J connectivity index is 1.26. The Morgan fingerprint density at radius 3 is 2.17 bits per heavy atom. The highest BCUT2D eigenvalue weighted by molar-refractivity contribution is 6.40. The molecule has 242 valence electrons. The Morgan fingerprint density at radius 1 is 0.830 bits per heavy atom. The van der Waals surface area contributed by atoms with Crippen LogP contribution in [0.25, 0.3) is 0 Å². The summed E-state index contributed by atoms with van der Waals surface area (Å²) in [6, 6.07) is 26.8. The van der Waals surface area contributed by atoms with E-state index >= 15 is 0 Å². The molecule has 0 aromatic heterocycles. The smallest absolute Gasteiger partial charge is 0.330 e. The van der Waals surface area contributed by atoms with Crippen LogP contribution in [0.4, 0.5) is 4.79 Å². The number of halogens is 2. The second-order valence-corrected chi connectivity index (χ2v) is 12.0. The van der Waals surface area contributed by atoms with Crippen LogP contribution in [0.5, 0.6) is 0 Å². The maximum atomic E-state index is 13.5. The number of ether oxygens (including phenoxy) is 1. The van der Waals surface area contributed by atoms with Crippen molar-refractivity contribution in [2.24, 2.45) is 0 Å². The van der Waals surface area contributed by atoms with Gasteiger partial charge in [0.25, 0.3) is 11.8 Å². The van der Waals surface area contributed by atoms with Crippen LogP contribution < -0.4 is 21.3 Å². The third-order valence-electron chi connectivity index (χ3n) is 7.90. The molecule has 0 unspecified atom stereocenters. The molecular weight excluding hydrogens is 639 g/mol. The van der Waals surface area contributed by atoms with Gasteiger partial charge >= 0.3 is 12.0 Å². The lowest BCUT2D eigenvalue weighted by molar-refractivity contribution is -0.147. The van der Waals surface area contributed by atoms with Gasteiger partial charge in [0.05, 0.1) is 34.2 Å². The van der Waals surface area contributed by atoms with E-state index in [-0.39, 0.29) is 46.4 Å². The molecule has 4 amide bonds. The van der Waals surface area contributed by atoms with Gasteiger partial charge in [-0.2, -0.15) is 0 Å². The van der Waals surface area contributed by atoms with Crippen LogP contribution in [0.1, 0.15) is 68.4 Å². The van der Waals surface area contributed by atoms with E-state index in [2.05, 4.69) is 21.3 Å². The minimum Gasteiger partial charge on any atom is -0.459 e. The van der Waals surface area contributed by atoms with E-state index in [1.807, 2.05) is 79.7 Å². The standard InChI is InChI=1S/C36H34Cl2N4O5/c1-22(24-12-6-3-7-13-24)40-33(43)26-18-28(37)32(29(38)19-26)34(44)41-31(35(45)47-21-23-10-4-2-5-11-23)20-39-36(46)42-30-17-16-25-14-8-9-15-27(25)30/h2-15,18-19,22,30-31H,16-17,20-21H2,1H3,(H,40,43)(H,41,44)(H2,39,42,46)/t22-,30-,31+/m1/s1. The summed E-state index contributed by atoms with van der Waals surface area (Å²) in [6.07, 6.45) is 1.60. The highest BCUT2D eigenvalue weighted by Crippen LogP contribution is 2.30. The van der Waals surface area contributed by atoms with Gasteiger partial charge < -0.3 is 26.0 Å². The number of amides is 4. The first-order chi connectivity index (χ1) is 22.7. The highest BCUT2D eigenvalue weighted by Gasteiger charge is 2.28.